The molecule has 0 saturated heterocycles. The molecule has 0 unspecified atom stereocenters. The zero-order valence-electron chi connectivity index (χ0n) is 15.9. The number of hydrogen-bond acceptors (Lipinski definition) is 7. The summed E-state index contributed by atoms with van der Waals surface area (Å²) in [5, 5.41) is 8.72. The van der Waals surface area contributed by atoms with Gasteiger partial charge in [-0.25, -0.2) is 17.8 Å². The Morgan fingerprint density at radius 3 is 2.52 bits per heavy atom. The summed E-state index contributed by atoms with van der Waals surface area (Å²) in [6.07, 6.45) is 3.81. The van der Waals surface area contributed by atoms with E-state index in [9.17, 15) is 17.2 Å². The van der Waals surface area contributed by atoms with Crippen molar-refractivity contribution in [3.05, 3.63) is 33.8 Å². The van der Waals surface area contributed by atoms with Crippen LogP contribution in [0, 0.1) is 10.9 Å². The predicted octanol–water partition coefficient (Wildman–Crippen LogP) is 3.38. The molecule has 0 fully saturated rings. The molecule has 1 heterocycles. The summed E-state index contributed by atoms with van der Waals surface area (Å²) in [6.45, 7) is 3.47. The van der Waals surface area contributed by atoms with Crippen LogP contribution in [0.4, 0.5) is 19.6 Å². The molecule has 2 aromatic rings. The van der Waals surface area contributed by atoms with E-state index in [-0.39, 0.29) is 5.13 Å². The molecule has 0 amide bonds. The van der Waals surface area contributed by atoms with E-state index in [0.29, 0.717) is 28.0 Å². The molecule has 1 aromatic carbocycles. The first-order chi connectivity index (χ1) is 13.8. The molecule has 0 aliphatic rings. The van der Waals surface area contributed by atoms with E-state index in [1.807, 2.05) is 7.05 Å². The van der Waals surface area contributed by atoms with Crippen molar-refractivity contribution in [3.63, 3.8) is 0 Å². The third-order valence-corrected chi connectivity index (χ3v) is 6.73. The number of halogens is 3. The first-order valence-corrected chi connectivity index (χ1v) is 12.1. The maximum absolute atomic E-state index is 14.4. The van der Waals surface area contributed by atoms with Crippen molar-refractivity contribution >= 4 is 48.1 Å². The molecule has 1 aromatic heterocycles. The van der Waals surface area contributed by atoms with Crippen molar-refractivity contribution in [1.82, 2.24) is 15.6 Å². The molecule has 0 aliphatic heterocycles. The predicted molar refractivity (Wildman–Crippen MR) is 116 cm³/mol. The van der Waals surface area contributed by atoms with Gasteiger partial charge in [-0.05, 0) is 74.0 Å². The maximum Gasteiger partial charge on any atom is 0.266 e. The third kappa shape index (κ3) is 7.78. The lowest BCUT2D eigenvalue weighted by Gasteiger charge is -2.12. The highest BCUT2D eigenvalue weighted by atomic mass is 79.9. The van der Waals surface area contributed by atoms with Crippen LogP contribution < -0.4 is 20.7 Å². The van der Waals surface area contributed by atoms with Crippen molar-refractivity contribution in [2.45, 2.75) is 24.2 Å². The van der Waals surface area contributed by atoms with E-state index in [1.165, 1.54) is 6.07 Å². The maximum atomic E-state index is 14.4. The molecule has 4 N–H and O–H groups in total. The SMILES string of the molecule is CNCCCNCCCCNc1cc(F)c(S(=O)(=O)Nc2ncc(F)s2)cc1Br. The minimum Gasteiger partial charge on any atom is -0.384 e. The second-order valence-electron chi connectivity index (χ2n) is 6.18. The van der Waals surface area contributed by atoms with Gasteiger partial charge in [0.2, 0.25) is 0 Å². The number of rotatable bonds is 13. The number of thiazole rings is 1. The molecule has 0 aliphatic carbocycles. The van der Waals surface area contributed by atoms with Gasteiger partial charge in [-0.2, -0.15) is 4.39 Å². The quantitative estimate of drug-likeness (QED) is 0.308. The van der Waals surface area contributed by atoms with E-state index >= 15 is 0 Å². The van der Waals surface area contributed by atoms with E-state index in [4.69, 9.17) is 0 Å². The van der Waals surface area contributed by atoms with Crippen LogP contribution in [0.5, 0.6) is 0 Å². The van der Waals surface area contributed by atoms with E-state index in [2.05, 4.69) is 41.6 Å². The topological polar surface area (TPSA) is 95.1 Å². The molecular formula is C17H24BrF2N5O2S2. The minimum atomic E-state index is -4.23. The summed E-state index contributed by atoms with van der Waals surface area (Å²) in [4.78, 5) is 3.04. The van der Waals surface area contributed by atoms with Crippen molar-refractivity contribution in [2.24, 2.45) is 0 Å². The lowest BCUT2D eigenvalue weighted by atomic mass is 10.2. The first kappa shape index (κ1) is 23.9. The molecule has 0 saturated carbocycles. The molecule has 0 bridgehead atoms. The summed E-state index contributed by atoms with van der Waals surface area (Å²) in [6, 6.07) is 2.30. The van der Waals surface area contributed by atoms with Gasteiger partial charge in [-0.15, -0.1) is 0 Å². The Labute approximate surface area is 181 Å². The van der Waals surface area contributed by atoms with Gasteiger partial charge in [0.25, 0.3) is 10.0 Å². The number of sulfonamides is 1. The Balaban J connectivity index is 1.87. The molecular weight excluding hydrogens is 488 g/mol. The average molecular weight is 512 g/mol. The van der Waals surface area contributed by atoms with Crippen LogP contribution in [0.2, 0.25) is 0 Å². The molecule has 7 nitrogen and oxygen atoms in total. The molecule has 0 spiro atoms. The van der Waals surface area contributed by atoms with E-state index in [1.54, 1.807) is 0 Å². The number of anilines is 2. The summed E-state index contributed by atoms with van der Waals surface area (Å²) < 4.78 is 54.6. The Bertz CT molecular complexity index is 896. The van der Waals surface area contributed by atoms with Crippen LogP contribution in [-0.4, -0.2) is 46.6 Å². The molecule has 0 radical (unpaired) electrons. The average Bonchev–Trinajstić information content (AvgIpc) is 3.06. The van der Waals surface area contributed by atoms with Gasteiger partial charge in [0, 0.05) is 11.0 Å². The smallest absolute Gasteiger partial charge is 0.266 e. The molecule has 12 heteroatoms. The lowest BCUT2D eigenvalue weighted by Crippen LogP contribution is -2.21. The molecule has 2 rings (SSSR count). The monoisotopic (exact) mass is 511 g/mol. The Kier molecular flexibility index (Phi) is 9.69. The molecule has 0 atom stereocenters. The van der Waals surface area contributed by atoms with Crippen LogP contribution in [0.25, 0.3) is 0 Å². The van der Waals surface area contributed by atoms with Crippen LogP contribution in [0.3, 0.4) is 0 Å². The summed E-state index contributed by atoms with van der Waals surface area (Å²) >= 11 is 3.79. The van der Waals surface area contributed by atoms with Gasteiger partial charge >= 0.3 is 0 Å². The summed E-state index contributed by atoms with van der Waals surface area (Å²) in [5.41, 5.74) is 0.462. The van der Waals surface area contributed by atoms with Crippen LogP contribution >= 0.6 is 27.3 Å². The van der Waals surface area contributed by atoms with Gasteiger partial charge in [0.05, 0.1) is 11.9 Å². The molecule has 29 heavy (non-hydrogen) atoms. The number of hydrogen-bond donors (Lipinski definition) is 4. The number of nitrogens with one attached hydrogen (secondary N) is 4. The fraction of sp³-hybridized carbons (Fsp3) is 0.471. The third-order valence-electron chi connectivity index (χ3n) is 3.89. The van der Waals surface area contributed by atoms with Crippen molar-refractivity contribution in [1.29, 1.82) is 0 Å². The van der Waals surface area contributed by atoms with Gasteiger partial charge in [0.15, 0.2) is 10.3 Å². The largest absolute Gasteiger partial charge is 0.384 e. The highest BCUT2D eigenvalue weighted by Crippen LogP contribution is 2.30. The van der Waals surface area contributed by atoms with E-state index < -0.39 is 25.9 Å². The molecule has 162 valence electrons. The Morgan fingerprint density at radius 2 is 1.83 bits per heavy atom. The number of nitrogens with zero attached hydrogens (tertiary/aromatic N) is 1. The summed E-state index contributed by atoms with van der Waals surface area (Å²) in [7, 11) is -2.30. The lowest BCUT2D eigenvalue weighted by molar-refractivity contribution is 0.570. The van der Waals surface area contributed by atoms with Crippen molar-refractivity contribution in [3.8, 4) is 0 Å². The van der Waals surface area contributed by atoms with Crippen molar-refractivity contribution in [2.75, 3.05) is 43.3 Å². The highest BCUT2D eigenvalue weighted by Gasteiger charge is 2.22. The van der Waals surface area contributed by atoms with E-state index in [0.717, 1.165) is 51.2 Å². The minimum absolute atomic E-state index is 0.167. The fourth-order valence-electron chi connectivity index (χ4n) is 2.45. The van der Waals surface area contributed by atoms with Gasteiger partial charge in [-0.3, -0.25) is 4.72 Å². The van der Waals surface area contributed by atoms with Crippen LogP contribution in [-0.2, 0) is 10.0 Å². The number of aromatic nitrogens is 1. The summed E-state index contributed by atoms with van der Waals surface area (Å²) in [5.74, 6) is -0.911. The zero-order chi connectivity index (χ0) is 21.3. The number of benzene rings is 1. The highest BCUT2D eigenvalue weighted by molar-refractivity contribution is 9.10. The Hall–Kier alpha value is -1.34. The van der Waals surface area contributed by atoms with Gasteiger partial charge in [0.1, 0.15) is 10.7 Å². The Morgan fingerprint density at radius 1 is 1.10 bits per heavy atom. The number of unbranched alkanes of at least 4 members (excludes halogenated alkanes) is 1. The first-order valence-electron chi connectivity index (χ1n) is 9.06. The van der Waals surface area contributed by atoms with Crippen LogP contribution in [0.1, 0.15) is 19.3 Å². The van der Waals surface area contributed by atoms with Crippen molar-refractivity contribution < 1.29 is 17.2 Å². The zero-order valence-corrected chi connectivity index (χ0v) is 19.1. The second-order valence-corrected chi connectivity index (χ2v) is 9.66. The van der Waals surface area contributed by atoms with Crippen LogP contribution in [0.15, 0.2) is 27.7 Å². The standard InChI is InChI=1S/C17H24BrF2N5O2S2/c1-21-5-4-7-22-6-2-3-8-23-14-10-13(19)15(9-12(14)18)29(26,27)25-17-24-11-16(20)28-17/h9-11,21-23H,2-8H2,1H3,(H,24,25). The van der Waals surface area contributed by atoms with Gasteiger partial charge < -0.3 is 16.0 Å². The van der Waals surface area contributed by atoms with Gasteiger partial charge in [-0.1, -0.05) is 11.3 Å². The normalized spacial score (nSPS) is 11.6. The second kappa shape index (κ2) is 11.7. The fourth-order valence-corrected chi connectivity index (χ4v) is 4.96.